The van der Waals surface area contributed by atoms with Crippen molar-refractivity contribution in [2.45, 2.75) is 101 Å². The molecule has 0 spiro atoms. The van der Waals surface area contributed by atoms with Gasteiger partial charge in [0.1, 0.15) is 5.75 Å². The summed E-state index contributed by atoms with van der Waals surface area (Å²) in [6, 6.07) is 16.1. The maximum atomic E-state index is 13.4. The van der Waals surface area contributed by atoms with Crippen LogP contribution in [0.15, 0.2) is 59.4 Å². The average molecular weight is 717 g/mol. The molecule has 1 saturated carbocycles. The van der Waals surface area contributed by atoms with Gasteiger partial charge >= 0.3 is 5.97 Å². The van der Waals surface area contributed by atoms with Gasteiger partial charge in [-0.05, 0) is 120 Å². The van der Waals surface area contributed by atoms with Crippen molar-refractivity contribution in [2.75, 3.05) is 52.4 Å². The Morgan fingerprint density at radius 3 is 2.17 bits per heavy atom. The number of fused-ring (bicyclic) bond motifs is 1. The minimum absolute atomic E-state index is 0.00182. The van der Waals surface area contributed by atoms with E-state index in [0.29, 0.717) is 47.1 Å². The molecule has 3 heterocycles. The minimum atomic E-state index is -1.56. The molecule has 1 aliphatic carbocycles. The predicted molar refractivity (Wildman–Crippen MR) is 204 cm³/mol. The Labute approximate surface area is 308 Å². The van der Waals surface area contributed by atoms with Gasteiger partial charge in [-0.1, -0.05) is 68.5 Å². The quantitative estimate of drug-likeness (QED) is 0.0947. The Morgan fingerprint density at radius 2 is 1.50 bits per heavy atom. The Bertz CT molecular complexity index is 1610. The highest BCUT2D eigenvalue weighted by molar-refractivity contribution is 5.87. The number of nitrogens with one attached hydrogen (secondary N) is 2. The van der Waals surface area contributed by atoms with E-state index in [2.05, 4.69) is 20.1 Å². The van der Waals surface area contributed by atoms with Crippen molar-refractivity contribution < 1.29 is 24.9 Å². The summed E-state index contributed by atoms with van der Waals surface area (Å²) < 4.78 is 5.89. The van der Waals surface area contributed by atoms with Crippen LogP contribution < -0.4 is 10.9 Å². The van der Waals surface area contributed by atoms with Crippen LogP contribution in [0.25, 0.3) is 10.9 Å². The van der Waals surface area contributed by atoms with Gasteiger partial charge in [-0.3, -0.25) is 4.79 Å². The summed E-state index contributed by atoms with van der Waals surface area (Å²) in [5, 5.41) is 37.0. The summed E-state index contributed by atoms with van der Waals surface area (Å²) in [4.78, 5) is 32.9. The van der Waals surface area contributed by atoms with Crippen LogP contribution in [0.5, 0.6) is 5.75 Å². The van der Waals surface area contributed by atoms with Crippen LogP contribution in [0, 0.1) is 11.8 Å². The van der Waals surface area contributed by atoms with Crippen molar-refractivity contribution in [2.24, 2.45) is 11.8 Å². The number of benzene rings is 2. The zero-order chi connectivity index (χ0) is 36.3. The lowest BCUT2D eigenvalue weighted by Gasteiger charge is -2.37. The number of pyridine rings is 1. The zero-order valence-corrected chi connectivity index (χ0v) is 30.8. The van der Waals surface area contributed by atoms with Crippen LogP contribution in [0.2, 0.25) is 0 Å². The zero-order valence-electron chi connectivity index (χ0n) is 30.8. The van der Waals surface area contributed by atoms with E-state index in [4.69, 9.17) is 4.74 Å². The number of aliphatic hydroxyl groups is 2. The van der Waals surface area contributed by atoms with E-state index < -0.39 is 17.7 Å². The number of carbonyl (C=O) groups excluding carboxylic acids is 1. The number of phenolic OH excluding ortho intramolecular Hbond substituents is 1. The van der Waals surface area contributed by atoms with Crippen LogP contribution >= 0.6 is 0 Å². The molecule has 284 valence electrons. The number of hydrogen-bond acceptors (Lipinski definition) is 9. The molecule has 2 saturated heterocycles. The molecule has 0 radical (unpaired) electrons. The molecule has 0 bridgehead atoms. The average Bonchev–Trinajstić information content (AvgIpc) is 3.19. The summed E-state index contributed by atoms with van der Waals surface area (Å²) in [6.45, 7) is 7.29. The maximum Gasteiger partial charge on any atom is 0.343 e. The van der Waals surface area contributed by atoms with Crippen molar-refractivity contribution in [3.63, 3.8) is 0 Å². The molecular weight excluding hydrogens is 656 g/mol. The lowest BCUT2D eigenvalue weighted by atomic mass is 9.73. The second-order valence-corrected chi connectivity index (χ2v) is 15.6. The number of H-pyrrole nitrogens is 1. The number of aromatic amines is 1. The van der Waals surface area contributed by atoms with Gasteiger partial charge < -0.3 is 40.2 Å². The number of hydrogen-bond donors (Lipinski definition) is 5. The normalized spacial score (nSPS) is 20.5. The Balaban J connectivity index is 0.811. The number of piperidine rings is 2. The van der Waals surface area contributed by atoms with Crippen molar-refractivity contribution in [3.05, 3.63) is 76.1 Å². The fourth-order valence-electron chi connectivity index (χ4n) is 8.74. The van der Waals surface area contributed by atoms with Gasteiger partial charge in [-0.15, -0.1) is 0 Å². The van der Waals surface area contributed by atoms with Gasteiger partial charge in [-0.2, -0.15) is 0 Å². The first kappa shape index (κ1) is 38.4. The number of phenols is 1. The van der Waals surface area contributed by atoms with Crippen molar-refractivity contribution in [3.8, 4) is 5.75 Å². The van der Waals surface area contributed by atoms with Crippen LogP contribution in [0.4, 0.5) is 0 Å². The molecule has 10 nitrogen and oxygen atoms in total. The van der Waals surface area contributed by atoms with E-state index >= 15 is 0 Å². The topological polar surface area (TPSA) is 138 Å². The van der Waals surface area contributed by atoms with E-state index in [1.807, 2.05) is 30.3 Å². The first-order chi connectivity index (χ1) is 25.3. The lowest BCUT2D eigenvalue weighted by molar-refractivity contribution is -0.177. The third kappa shape index (κ3) is 9.82. The van der Waals surface area contributed by atoms with Gasteiger partial charge in [0.05, 0.1) is 18.2 Å². The van der Waals surface area contributed by atoms with Crippen molar-refractivity contribution >= 4 is 16.9 Å². The molecule has 2 aliphatic heterocycles. The molecule has 52 heavy (non-hydrogen) atoms. The summed E-state index contributed by atoms with van der Waals surface area (Å²) in [5.41, 5.74) is -0.124. The number of aliphatic hydroxyl groups excluding tert-OH is 1. The fraction of sp³-hybridized carbons (Fsp3) is 0.619. The smallest absolute Gasteiger partial charge is 0.343 e. The molecule has 2 aromatic carbocycles. The SMILES string of the molecule is O=C(OCC1CCN(CCCCCCN2CCC(NCC(O)c3ccc(O)c4[nH]c(=O)ccc34)CC2)CC1)C(O)(c1ccccc1)C1CCCCC1. The molecule has 3 aliphatic rings. The summed E-state index contributed by atoms with van der Waals surface area (Å²) in [6.07, 6.45) is 13.3. The number of aromatic nitrogens is 1. The highest BCUT2D eigenvalue weighted by Gasteiger charge is 2.47. The maximum absolute atomic E-state index is 13.4. The van der Waals surface area contributed by atoms with Gasteiger partial charge in [-0.25, -0.2) is 4.79 Å². The van der Waals surface area contributed by atoms with E-state index in [9.17, 15) is 24.9 Å². The molecule has 1 aromatic heterocycles. The third-order valence-electron chi connectivity index (χ3n) is 12.0. The Kier molecular flexibility index (Phi) is 13.8. The summed E-state index contributed by atoms with van der Waals surface area (Å²) in [5.74, 6) is -0.201. The molecule has 5 N–H and O–H groups in total. The highest BCUT2D eigenvalue weighted by atomic mass is 16.5. The molecule has 3 aromatic rings. The second-order valence-electron chi connectivity index (χ2n) is 15.6. The van der Waals surface area contributed by atoms with Gasteiger partial charge in [0.15, 0.2) is 5.60 Å². The van der Waals surface area contributed by atoms with Gasteiger partial charge in [0, 0.05) is 30.0 Å². The van der Waals surface area contributed by atoms with Crippen LogP contribution in [-0.4, -0.2) is 94.5 Å². The van der Waals surface area contributed by atoms with Gasteiger partial charge in [0.2, 0.25) is 5.56 Å². The lowest BCUT2D eigenvalue weighted by Crippen LogP contribution is -2.46. The largest absolute Gasteiger partial charge is 0.506 e. The number of carbonyl (C=O) groups is 1. The molecule has 0 amide bonds. The number of aromatic hydroxyl groups is 1. The number of likely N-dealkylation sites (tertiary alicyclic amines) is 2. The van der Waals surface area contributed by atoms with Crippen molar-refractivity contribution in [1.29, 1.82) is 0 Å². The fourth-order valence-corrected chi connectivity index (χ4v) is 8.74. The second kappa shape index (κ2) is 18.7. The number of rotatable bonds is 16. The first-order valence-corrected chi connectivity index (χ1v) is 20.0. The highest BCUT2D eigenvalue weighted by Crippen LogP contribution is 2.40. The number of nitrogens with zero attached hydrogens (tertiary/aromatic N) is 2. The molecule has 2 atom stereocenters. The van der Waals surface area contributed by atoms with E-state index in [0.717, 1.165) is 97.1 Å². The summed E-state index contributed by atoms with van der Waals surface area (Å²) >= 11 is 0. The third-order valence-corrected chi connectivity index (χ3v) is 12.0. The van der Waals surface area contributed by atoms with Crippen LogP contribution in [0.3, 0.4) is 0 Å². The van der Waals surface area contributed by atoms with E-state index in [-0.39, 0.29) is 17.2 Å². The number of unbranched alkanes of at least 4 members (excludes halogenated alkanes) is 3. The van der Waals surface area contributed by atoms with E-state index in [1.165, 1.54) is 37.8 Å². The van der Waals surface area contributed by atoms with E-state index in [1.54, 1.807) is 12.1 Å². The first-order valence-electron chi connectivity index (χ1n) is 20.0. The number of ether oxygens (including phenoxy) is 1. The van der Waals surface area contributed by atoms with Crippen LogP contribution in [0.1, 0.15) is 101 Å². The standard InChI is InChI=1S/C42H60N4O6/c47-37-17-15-35(36-16-18-39(49)44-40(36)37)38(48)29-43-34-21-27-46(28-22-34)24-10-2-1-9-23-45-25-19-31(20-26-45)30-52-41(50)42(51,32-11-5-3-6-12-32)33-13-7-4-8-14-33/h3,5-6,11-12,15-18,31,33-34,38,43,47-48,51H,1-2,4,7-10,13-14,19-30H2,(H,44,49). The predicted octanol–water partition coefficient (Wildman–Crippen LogP) is 5.60. The molecular formula is C42H60N4O6. The monoisotopic (exact) mass is 716 g/mol. The molecule has 2 unspecified atom stereocenters. The molecule has 10 heteroatoms. The molecule has 6 rings (SSSR count). The Hall–Kier alpha value is -3.28. The minimum Gasteiger partial charge on any atom is -0.506 e. The number of esters is 1. The van der Waals surface area contributed by atoms with Gasteiger partial charge in [0.25, 0.3) is 0 Å². The van der Waals surface area contributed by atoms with Crippen LogP contribution in [-0.2, 0) is 15.1 Å². The Morgan fingerprint density at radius 1 is 0.846 bits per heavy atom. The summed E-state index contributed by atoms with van der Waals surface area (Å²) in [7, 11) is 0. The molecule has 3 fully saturated rings. The van der Waals surface area contributed by atoms with Crippen molar-refractivity contribution in [1.82, 2.24) is 20.1 Å².